The summed E-state index contributed by atoms with van der Waals surface area (Å²) < 4.78 is 160. The second-order valence-corrected chi connectivity index (χ2v) is 4.63. The van der Waals surface area contributed by atoms with Crippen LogP contribution in [0.1, 0.15) is 0 Å². The molecule has 0 aliphatic rings. The van der Waals surface area contributed by atoms with Crippen LogP contribution in [0.15, 0.2) is 0 Å². The molecule has 0 radical (unpaired) electrons. The van der Waals surface area contributed by atoms with Gasteiger partial charge in [0.05, 0.1) is 0 Å². The summed E-state index contributed by atoms with van der Waals surface area (Å²) in [6, 6.07) is 0. The van der Waals surface area contributed by atoms with E-state index in [1.165, 1.54) is 0 Å². The molecule has 0 saturated heterocycles. The van der Waals surface area contributed by atoms with E-state index in [0.29, 0.717) is 0 Å². The molecule has 0 spiro atoms. The van der Waals surface area contributed by atoms with Gasteiger partial charge in [0.25, 0.3) is 0 Å². The Bertz CT molecular complexity index is 767. The van der Waals surface area contributed by atoms with Crippen molar-refractivity contribution in [3.05, 3.63) is 58.2 Å². The summed E-state index contributed by atoms with van der Waals surface area (Å²) in [5, 5.41) is 0. The molecular formula is C12BF12Na. The monoisotopic (exact) mass is 406 g/mol. The summed E-state index contributed by atoms with van der Waals surface area (Å²) in [5.41, 5.74) is -6.03. The van der Waals surface area contributed by atoms with Gasteiger partial charge < -0.3 is 8.63 Å². The van der Waals surface area contributed by atoms with Gasteiger partial charge in [0, 0.05) is 0 Å². The first-order valence-corrected chi connectivity index (χ1v) is 5.90. The predicted octanol–water partition coefficient (Wildman–Crippen LogP) is 0.577. The normalized spacial score (nSPS) is 11.5. The second kappa shape index (κ2) is 7.35. The van der Waals surface area contributed by atoms with Crippen LogP contribution in [0, 0.1) is 58.2 Å². The van der Waals surface area contributed by atoms with Gasteiger partial charge in [-0.05, 0) is 0 Å². The van der Waals surface area contributed by atoms with Crippen LogP contribution in [0.5, 0.6) is 0 Å². The maximum Gasteiger partial charge on any atom is 1.00 e. The molecule has 14 heteroatoms. The molecule has 26 heavy (non-hydrogen) atoms. The second-order valence-electron chi connectivity index (χ2n) is 4.63. The molecule has 2 aromatic carbocycles. The molecule has 136 valence electrons. The summed E-state index contributed by atoms with van der Waals surface area (Å²) in [6.45, 7) is -6.61. The third-order valence-electron chi connectivity index (χ3n) is 3.21. The molecule has 0 aromatic heterocycles. The van der Waals surface area contributed by atoms with Crippen LogP contribution in [0.4, 0.5) is 52.5 Å². The largest absolute Gasteiger partial charge is 1.00 e. The number of halogens is 12. The summed E-state index contributed by atoms with van der Waals surface area (Å²) in [6.07, 6.45) is 0. The third-order valence-corrected chi connectivity index (χ3v) is 3.21. The number of hydrogen-bond acceptors (Lipinski definition) is 0. The van der Waals surface area contributed by atoms with Gasteiger partial charge in [-0.1, -0.05) is 10.9 Å². The fourth-order valence-corrected chi connectivity index (χ4v) is 2.02. The van der Waals surface area contributed by atoms with Crippen LogP contribution >= 0.6 is 0 Å². The minimum atomic E-state index is -6.61. The Hall–Kier alpha value is -1.34. The Morgan fingerprint density at radius 2 is 0.500 bits per heavy atom. The molecule has 2 aromatic rings. The van der Waals surface area contributed by atoms with E-state index < -0.39 is 75.8 Å². The average molecular weight is 406 g/mol. The number of hydrogen-bond donors (Lipinski definition) is 0. The van der Waals surface area contributed by atoms with Crippen molar-refractivity contribution in [1.29, 1.82) is 0 Å². The van der Waals surface area contributed by atoms with Gasteiger partial charge in [-0.2, -0.15) is 0 Å². The van der Waals surface area contributed by atoms with Gasteiger partial charge in [-0.3, -0.25) is 0 Å². The van der Waals surface area contributed by atoms with Gasteiger partial charge >= 0.3 is 36.3 Å². The van der Waals surface area contributed by atoms with Crippen molar-refractivity contribution < 1.29 is 82.1 Å². The molecule has 0 heterocycles. The fourth-order valence-electron chi connectivity index (χ4n) is 2.02. The van der Waals surface area contributed by atoms with Crippen LogP contribution < -0.4 is 40.5 Å². The molecule has 0 unspecified atom stereocenters. The zero-order valence-corrected chi connectivity index (χ0v) is 14.1. The van der Waals surface area contributed by atoms with E-state index in [2.05, 4.69) is 0 Å². The van der Waals surface area contributed by atoms with Crippen LogP contribution in [-0.4, -0.2) is 6.70 Å². The van der Waals surface area contributed by atoms with Crippen molar-refractivity contribution in [1.82, 2.24) is 0 Å². The topological polar surface area (TPSA) is 0 Å². The maximum atomic E-state index is 14.1. The smallest absolute Gasteiger partial charge is 0.469 e. The summed E-state index contributed by atoms with van der Waals surface area (Å²) in [5.74, 6) is -30.0. The summed E-state index contributed by atoms with van der Waals surface area (Å²) in [7, 11) is 0. The Morgan fingerprint density at radius 1 is 0.346 bits per heavy atom. The molecule has 0 aliphatic carbocycles. The van der Waals surface area contributed by atoms with Crippen LogP contribution in [-0.2, 0) is 0 Å². The SMILES string of the molecule is Fc1c(F)c(F)c([B-](F)(F)c2c(F)c(F)c(F)c(F)c2F)c(F)c1F.[Na+]. The molecule has 0 fully saturated rings. The zero-order chi connectivity index (χ0) is 19.4. The van der Waals surface area contributed by atoms with Gasteiger partial charge in [0.15, 0.2) is 34.9 Å². The van der Waals surface area contributed by atoms with Crippen molar-refractivity contribution in [2.45, 2.75) is 0 Å². The van der Waals surface area contributed by atoms with Crippen LogP contribution in [0.2, 0.25) is 0 Å². The molecule has 0 bridgehead atoms. The molecule has 0 aliphatic heterocycles. The Balaban J connectivity index is 0.00000338. The van der Waals surface area contributed by atoms with Crippen LogP contribution in [0.25, 0.3) is 0 Å². The van der Waals surface area contributed by atoms with Crippen molar-refractivity contribution in [3.8, 4) is 0 Å². The Kier molecular flexibility index (Phi) is 6.42. The van der Waals surface area contributed by atoms with Crippen molar-refractivity contribution in [2.75, 3.05) is 0 Å². The molecule has 0 saturated carbocycles. The minimum Gasteiger partial charge on any atom is -0.469 e. The number of rotatable bonds is 2. The van der Waals surface area contributed by atoms with Crippen LogP contribution in [0.3, 0.4) is 0 Å². The predicted molar refractivity (Wildman–Crippen MR) is 59.7 cm³/mol. The maximum absolute atomic E-state index is 14.1. The van der Waals surface area contributed by atoms with Crippen molar-refractivity contribution in [3.63, 3.8) is 0 Å². The Morgan fingerprint density at radius 3 is 0.692 bits per heavy atom. The van der Waals surface area contributed by atoms with E-state index in [1.54, 1.807) is 0 Å². The molecule has 0 amide bonds. The van der Waals surface area contributed by atoms with E-state index in [4.69, 9.17) is 0 Å². The first-order chi connectivity index (χ1) is 11.4. The van der Waals surface area contributed by atoms with Gasteiger partial charge in [-0.25, -0.2) is 43.9 Å². The third kappa shape index (κ3) is 3.09. The van der Waals surface area contributed by atoms with E-state index >= 15 is 0 Å². The van der Waals surface area contributed by atoms with Gasteiger partial charge in [0.2, 0.25) is 0 Å². The standard InChI is InChI=1S/C12BF12.Na/c14-3-1(4(15)8(19)11(22)7(3)18)13(24,25)2-5(16)9(20)12(23)10(21)6(2)17;/q-1;+1. The van der Waals surface area contributed by atoms with Gasteiger partial charge in [-0.15, -0.1) is 0 Å². The van der Waals surface area contributed by atoms with Gasteiger partial charge in [0.1, 0.15) is 23.3 Å². The average Bonchev–Trinajstić information content (AvgIpc) is 2.54. The van der Waals surface area contributed by atoms with Crippen molar-refractivity contribution in [2.24, 2.45) is 0 Å². The molecular weight excluding hydrogens is 406 g/mol. The molecule has 0 atom stereocenters. The van der Waals surface area contributed by atoms with Crippen molar-refractivity contribution >= 4 is 17.6 Å². The quantitative estimate of drug-likeness (QED) is 0.297. The minimum absolute atomic E-state index is 0. The first-order valence-electron chi connectivity index (χ1n) is 5.90. The molecule has 2 rings (SSSR count). The van der Waals surface area contributed by atoms with E-state index in [1.807, 2.05) is 0 Å². The Labute approximate surface area is 158 Å². The molecule has 0 nitrogen and oxygen atoms in total. The molecule has 0 N–H and O–H groups in total. The zero-order valence-electron chi connectivity index (χ0n) is 12.1. The summed E-state index contributed by atoms with van der Waals surface area (Å²) in [4.78, 5) is 0. The first kappa shape index (κ1) is 22.7. The number of benzene rings is 2. The van der Waals surface area contributed by atoms with E-state index in [0.717, 1.165) is 0 Å². The van der Waals surface area contributed by atoms with E-state index in [9.17, 15) is 52.5 Å². The summed E-state index contributed by atoms with van der Waals surface area (Å²) >= 11 is 0. The fraction of sp³-hybridized carbons (Fsp3) is 0. The van der Waals surface area contributed by atoms with E-state index in [-0.39, 0.29) is 29.6 Å².